The fourth-order valence-electron chi connectivity index (χ4n) is 3.45. The van der Waals surface area contributed by atoms with E-state index in [0.29, 0.717) is 5.41 Å². The predicted octanol–water partition coefficient (Wildman–Crippen LogP) is 6.34. The summed E-state index contributed by atoms with van der Waals surface area (Å²) in [5, 5.41) is 0. The third kappa shape index (κ3) is 5.93. The van der Waals surface area contributed by atoms with E-state index in [1.54, 1.807) is 0 Å². The molecule has 1 aliphatic rings. The van der Waals surface area contributed by atoms with Gasteiger partial charge in [-0.25, -0.2) is 0 Å². The molecule has 0 spiro atoms. The Labute approximate surface area is 110 Å². The molecule has 0 aromatic carbocycles. The van der Waals surface area contributed by atoms with Gasteiger partial charge in [0.25, 0.3) is 0 Å². The molecule has 1 saturated carbocycles. The average Bonchev–Trinajstić information content (AvgIpc) is 2.82. The van der Waals surface area contributed by atoms with E-state index < -0.39 is 0 Å². The van der Waals surface area contributed by atoms with Crippen molar-refractivity contribution in [2.45, 2.75) is 97.8 Å². The van der Waals surface area contributed by atoms with Crippen LogP contribution in [0.4, 0.5) is 0 Å². The Balaban J connectivity index is 2.00. The van der Waals surface area contributed by atoms with E-state index >= 15 is 0 Å². The Bertz CT molecular complexity index is 174. The summed E-state index contributed by atoms with van der Waals surface area (Å²) in [6.45, 7) is 7.32. The van der Waals surface area contributed by atoms with E-state index in [1.807, 2.05) is 0 Å². The van der Waals surface area contributed by atoms with E-state index in [9.17, 15) is 0 Å². The second-order valence-corrected chi connectivity index (χ2v) is 6.84. The minimum absolute atomic E-state index is 0.625. The first-order valence-corrected chi connectivity index (χ1v) is 8.17. The summed E-state index contributed by atoms with van der Waals surface area (Å²) in [4.78, 5) is 0. The quantitative estimate of drug-likeness (QED) is 0.411. The Morgan fingerprint density at radius 2 is 1.35 bits per heavy atom. The van der Waals surface area contributed by atoms with Crippen LogP contribution in [0.2, 0.25) is 0 Å². The van der Waals surface area contributed by atoms with Crippen LogP contribution in [0.1, 0.15) is 97.8 Å². The van der Waals surface area contributed by atoms with E-state index in [0.717, 1.165) is 5.92 Å². The smallest absolute Gasteiger partial charge is 0.0326 e. The van der Waals surface area contributed by atoms with Gasteiger partial charge in [-0.05, 0) is 30.6 Å². The molecule has 1 aliphatic carbocycles. The van der Waals surface area contributed by atoms with Crippen molar-refractivity contribution in [1.82, 2.24) is 0 Å². The van der Waals surface area contributed by atoms with Crippen LogP contribution in [0.25, 0.3) is 0 Å². The van der Waals surface area contributed by atoms with Crippen LogP contribution in [0.15, 0.2) is 0 Å². The maximum Gasteiger partial charge on any atom is -0.0326 e. The van der Waals surface area contributed by atoms with Crippen molar-refractivity contribution in [3.8, 4) is 0 Å². The van der Waals surface area contributed by atoms with Crippen molar-refractivity contribution in [2.75, 3.05) is 0 Å². The molecule has 17 heavy (non-hydrogen) atoms. The van der Waals surface area contributed by atoms with Crippen LogP contribution in [0.5, 0.6) is 0 Å². The van der Waals surface area contributed by atoms with Crippen LogP contribution < -0.4 is 0 Å². The highest BCUT2D eigenvalue weighted by molar-refractivity contribution is 4.82. The van der Waals surface area contributed by atoms with Gasteiger partial charge in [-0.15, -0.1) is 0 Å². The zero-order chi connectivity index (χ0) is 12.6. The predicted molar refractivity (Wildman–Crippen MR) is 78.3 cm³/mol. The number of hydrogen-bond donors (Lipinski definition) is 0. The topological polar surface area (TPSA) is 0 Å². The van der Waals surface area contributed by atoms with Gasteiger partial charge in [-0.2, -0.15) is 0 Å². The summed E-state index contributed by atoms with van der Waals surface area (Å²) in [6.07, 6.45) is 17.6. The van der Waals surface area contributed by atoms with Gasteiger partial charge < -0.3 is 0 Å². The SMILES string of the molecule is CCCCCCCCCC(C)(C)C1CCCC1. The first kappa shape index (κ1) is 15.1. The van der Waals surface area contributed by atoms with Crippen LogP contribution in [0.3, 0.4) is 0 Å². The molecule has 1 rings (SSSR count). The van der Waals surface area contributed by atoms with Gasteiger partial charge >= 0.3 is 0 Å². The highest BCUT2D eigenvalue weighted by Gasteiger charge is 2.30. The minimum Gasteiger partial charge on any atom is -0.0654 e. The lowest BCUT2D eigenvalue weighted by Crippen LogP contribution is -2.21. The van der Waals surface area contributed by atoms with Crippen molar-refractivity contribution < 1.29 is 0 Å². The second kappa shape index (κ2) is 8.16. The molecule has 0 atom stereocenters. The van der Waals surface area contributed by atoms with Crippen molar-refractivity contribution in [3.63, 3.8) is 0 Å². The van der Waals surface area contributed by atoms with E-state index in [2.05, 4.69) is 20.8 Å². The third-order valence-corrected chi connectivity index (χ3v) is 4.89. The average molecular weight is 238 g/mol. The zero-order valence-corrected chi connectivity index (χ0v) is 12.6. The van der Waals surface area contributed by atoms with Gasteiger partial charge in [0.15, 0.2) is 0 Å². The standard InChI is InChI=1S/C17H34/c1-4-5-6-7-8-9-12-15-17(2,3)16-13-10-11-14-16/h16H,4-15H2,1-3H3. The molecular formula is C17H34. The molecule has 0 unspecified atom stereocenters. The zero-order valence-electron chi connectivity index (χ0n) is 12.6. The fourth-order valence-corrected chi connectivity index (χ4v) is 3.45. The summed E-state index contributed by atoms with van der Waals surface area (Å²) in [5.41, 5.74) is 0.625. The molecule has 0 bridgehead atoms. The Hall–Kier alpha value is 0. The lowest BCUT2D eigenvalue weighted by molar-refractivity contribution is 0.192. The first-order chi connectivity index (χ1) is 8.17. The molecule has 0 radical (unpaired) electrons. The molecule has 0 N–H and O–H groups in total. The highest BCUT2D eigenvalue weighted by Crippen LogP contribution is 2.42. The number of hydrogen-bond acceptors (Lipinski definition) is 0. The summed E-state index contributed by atoms with van der Waals surface area (Å²) in [6, 6.07) is 0. The van der Waals surface area contributed by atoms with Crippen LogP contribution >= 0.6 is 0 Å². The molecule has 0 aliphatic heterocycles. The molecule has 0 aromatic heterocycles. The van der Waals surface area contributed by atoms with Gasteiger partial charge in [-0.3, -0.25) is 0 Å². The van der Waals surface area contributed by atoms with Crippen molar-refractivity contribution in [2.24, 2.45) is 11.3 Å². The van der Waals surface area contributed by atoms with Crippen molar-refractivity contribution >= 4 is 0 Å². The van der Waals surface area contributed by atoms with Crippen LogP contribution in [-0.4, -0.2) is 0 Å². The third-order valence-electron chi connectivity index (χ3n) is 4.89. The number of rotatable bonds is 9. The maximum atomic E-state index is 2.51. The molecule has 1 fully saturated rings. The molecule has 0 saturated heterocycles. The summed E-state index contributed by atoms with van der Waals surface area (Å²) < 4.78 is 0. The molecule has 0 heterocycles. The minimum atomic E-state index is 0.625. The molecule has 0 amide bonds. The largest absolute Gasteiger partial charge is 0.0654 e. The van der Waals surface area contributed by atoms with Crippen LogP contribution in [-0.2, 0) is 0 Å². The fraction of sp³-hybridized carbons (Fsp3) is 1.00. The number of unbranched alkanes of at least 4 members (excludes halogenated alkanes) is 6. The molecule has 0 heteroatoms. The lowest BCUT2D eigenvalue weighted by atomic mass is 9.74. The lowest BCUT2D eigenvalue weighted by Gasteiger charge is -2.31. The normalized spacial score (nSPS) is 17.8. The highest BCUT2D eigenvalue weighted by atomic mass is 14.4. The molecular weight excluding hydrogens is 204 g/mol. The van der Waals surface area contributed by atoms with Crippen molar-refractivity contribution in [1.29, 1.82) is 0 Å². The Morgan fingerprint density at radius 3 is 1.94 bits per heavy atom. The van der Waals surface area contributed by atoms with E-state index in [1.165, 1.54) is 77.0 Å². The summed E-state index contributed by atoms with van der Waals surface area (Å²) in [5.74, 6) is 1.03. The van der Waals surface area contributed by atoms with Crippen molar-refractivity contribution in [3.05, 3.63) is 0 Å². The Kier molecular flexibility index (Phi) is 7.23. The first-order valence-electron chi connectivity index (χ1n) is 8.17. The summed E-state index contributed by atoms with van der Waals surface area (Å²) >= 11 is 0. The monoisotopic (exact) mass is 238 g/mol. The van der Waals surface area contributed by atoms with Gasteiger partial charge in [0.1, 0.15) is 0 Å². The van der Waals surface area contributed by atoms with Gasteiger partial charge in [0.05, 0.1) is 0 Å². The maximum absolute atomic E-state index is 2.51. The van der Waals surface area contributed by atoms with E-state index in [4.69, 9.17) is 0 Å². The van der Waals surface area contributed by atoms with E-state index in [-0.39, 0.29) is 0 Å². The molecule has 102 valence electrons. The Morgan fingerprint density at radius 1 is 0.824 bits per heavy atom. The van der Waals surface area contributed by atoms with Gasteiger partial charge in [-0.1, -0.05) is 78.6 Å². The van der Waals surface area contributed by atoms with Crippen LogP contribution in [0, 0.1) is 11.3 Å². The second-order valence-electron chi connectivity index (χ2n) is 6.84. The van der Waals surface area contributed by atoms with Gasteiger partial charge in [0.2, 0.25) is 0 Å². The van der Waals surface area contributed by atoms with Gasteiger partial charge in [0, 0.05) is 0 Å². The summed E-state index contributed by atoms with van der Waals surface area (Å²) in [7, 11) is 0. The molecule has 0 aromatic rings. The molecule has 0 nitrogen and oxygen atoms in total.